The number of carbonyl (C=O) groups is 1. The molecule has 1 heterocycles. The van der Waals surface area contributed by atoms with Crippen LogP contribution in [0.15, 0.2) is 53.7 Å². The highest BCUT2D eigenvalue weighted by Crippen LogP contribution is 2.05. The van der Waals surface area contributed by atoms with Gasteiger partial charge in [0.25, 0.3) is 0 Å². The minimum atomic E-state index is -0.0926. The minimum Gasteiger partial charge on any atom is -0.357 e. The molecule has 1 aromatic heterocycles. The van der Waals surface area contributed by atoms with Crippen LogP contribution in [0.5, 0.6) is 0 Å². The largest absolute Gasteiger partial charge is 0.357 e. The van der Waals surface area contributed by atoms with Crippen LogP contribution in [0.1, 0.15) is 18.1 Å². The Morgan fingerprint density at radius 3 is 2.44 bits per heavy atom. The van der Waals surface area contributed by atoms with Crippen molar-refractivity contribution in [1.29, 1.82) is 0 Å². The van der Waals surface area contributed by atoms with Crippen LogP contribution >= 0.6 is 11.6 Å². The molecule has 0 unspecified atom stereocenters. The van der Waals surface area contributed by atoms with Gasteiger partial charge in [-0.1, -0.05) is 48.0 Å². The predicted octanol–water partition coefficient (Wildman–Crippen LogP) is 2.19. The maximum Gasteiger partial charge on any atom is 0.241 e. The molecule has 27 heavy (non-hydrogen) atoms. The van der Waals surface area contributed by atoms with Gasteiger partial charge in [-0.15, -0.1) is 0 Å². The van der Waals surface area contributed by atoms with Crippen LogP contribution in [0.3, 0.4) is 0 Å². The van der Waals surface area contributed by atoms with Crippen LogP contribution in [0.4, 0.5) is 0 Å². The van der Waals surface area contributed by atoms with Crippen LogP contribution in [0.2, 0.25) is 5.15 Å². The van der Waals surface area contributed by atoms with Gasteiger partial charge < -0.3 is 16.0 Å². The zero-order valence-electron chi connectivity index (χ0n) is 15.5. The standard InChI is InChI=1S/C20H26ClN5O/c1-2-22-20(24-13-11-17-8-9-18(21)25-14-17)26-15-19(27)23-12-10-16-6-4-3-5-7-16/h3-9,14H,2,10-13,15H2,1H3,(H,23,27)(H2,22,24,26). The molecular weight excluding hydrogens is 362 g/mol. The number of hydrogen-bond donors (Lipinski definition) is 3. The lowest BCUT2D eigenvalue weighted by atomic mass is 10.1. The van der Waals surface area contributed by atoms with E-state index in [1.54, 1.807) is 12.3 Å². The normalized spacial score (nSPS) is 11.1. The van der Waals surface area contributed by atoms with Gasteiger partial charge in [-0.2, -0.15) is 0 Å². The Morgan fingerprint density at radius 2 is 1.74 bits per heavy atom. The summed E-state index contributed by atoms with van der Waals surface area (Å²) < 4.78 is 0. The van der Waals surface area contributed by atoms with E-state index < -0.39 is 0 Å². The molecule has 0 spiro atoms. The molecule has 2 rings (SSSR count). The van der Waals surface area contributed by atoms with Gasteiger partial charge in [-0.3, -0.25) is 4.79 Å². The Kier molecular flexibility index (Phi) is 9.13. The van der Waals surface area contributed by atoms with Crippen LogP contribution in [-0.2, 0) is 17.6 Å². The molecule has 0 radical (unpaired) electrons. The van der Waals surface area contributed by atoms with Crippen molar-refractivity contribution in [2.45, 2.75) is 19.8 Å². The predicted molar refractivity (Wildman–Crippen MR) is 110 cm³/mol. The van der Waals surface area contributed by atoms with Crippen molar-refractivity contribution in [2.75, 3.05) is 26.2 Å². The van der Waals surface area contributed by atoms with Crippen molar-refractivity contribution in [3.05, 3.63) is 64.9 Å². The number of benzene rings is 1. The van der Waals surface area contributed by atoms with Crippen LogP contribution in [0.25, 0.3) is 0 Å². The van der Waals surface area contributed by atoms with Crippen LogP contribution in [0, 0.1) is 0 Å². The number of aliphatic imine (C=N–C) groups is 1. The van der Waals surface area contributed by atoms with Crippen molar-refractivity contribution in [3.63, 3.8) is 0 Å². The molecule has 0 bridgehead atoms. The Balaban J connectivity index is 1.71. The monoisotopic (exact) mass is 387 g/mol. The minimum absolute atomic E-state index is 0.0899. The van der Waals surface area contributed by atoms with E-state index in [1.165, 1.54) is 5.56 Å². The summed E-state index contributed by atoms with van der Waals surface area (Å²) in [6.45, 7) is 4.09. The summed E-state index contributed by atoms with van der Waals surface area (Å²) in [5.74, 6) is 0.530. The third kappa shape index (κ3) is 8.55. The van der Waals surface area contributed by atoms with Crippen LogP contribution < -0.4 is 16.0 Å². The van der Waals surface area contributed by atoms with E-state index in [9.17, 15) is 4.79 Å². The second-order valence-corrected chi connectivity index (χ2v) is 6.33. The summed E-state index contributed by atoms with van der Waals surface area (Å²) in [5, 5.41) is 9.74. The lowest BCUT2D eigenvalue weighted by Gasteiger charge is -2.11. The van der Waals surface area contributed by atoms with Crippen molar-refractivity contribution < 1.29 is 4.79 Å². The smallest absolute Gasteiger partial charge is 0.241 e. The molecule has 1 aromatic carbocycles. The Bertz CT molecular complexity index is 719. The molecular formula is C20H26ClN5O. The molecule has 7 heteroatoms. The molecule has 0 saturated heterocycles. The van der Waals surface area contributed by atoms with Crippen LogP contribution in [-0.4, -0.2) is 43.0 Å². The van der Waals surface area contributed by atoms with Gasteiger partial charge >= 0.3 is 0 Å². The van der Waals surface area contributed by atoms with E-state index in [1.807, 2.05) is 43.3 Å². The molecule has 0 saturated carbocycles. The van der Waals surface area contributed by atoms with Gasteiger partial charge in [0, 0.05) is 25.8 Å². The summed E-state index contributed by atoms with van der Waals surface area (Å²) >= 11 is 5.79. The number of aromatic nitrogens is 1. The molecule has 0 aliphatic heterocycles. The number of carbonyl (C=O) groups excluding carboxylic acids is 1. The van der Waals surface area contributed by atoms with Crippen molar-refractivity contribution in [3.8, 4) is 0 Å². The molecule has 2 aromatic rings. The first-order valence-electron chi connectivity index (χ1n) is 9.10. The fourth-order valence-electron chi connectivity index (χ4n) is 2.42. The number of nitrogens with one attached hydrogen (secondary N) is 3. The first-order valence-corrected chi connectivity index (χ1v) is 9.48. The van der Waals surface area contributed by atoms with Gasteiger partial charge in [0.2, 0.25) is 5.91 Å². The average molecular weight is 388 g/mol. The Hall–Kier alpha value is -2.60. The number of pyridine rings is 1. The first kappa shape index (κ1) is 20.7. The fourth-order valence-corrected chi connectivity index (χ4v) is 2.53. The highest BCUT2D eigenvalue weighted by molar-refractivity contribution is 6.29. The van der Waals surface area contributed by atoms with Crippen molar-refractivity contribution in [2.24, 2.45) is 4.99 Å². The molecule has 0 aliphatic rings. The summed E-state index contributed by atoms with van der Waals surface area (Å²) in [5.41, 5.74) is 2.29. The molecule has 0 fully saturated rings. The Morgan fingerprint density at radius 1 is 1.00 bits per heavy atom. The maximum absolute atomic E-state index is 12.0. The zero-order valence-corrected chi connectivity index (χ0v) is 16.3. The third-order valence-electron chi connectivity index (χ3n) is 3.80. The van der Waals surface area contributed by atoms with Crippen molar-refractivity contribution >= 4 is 23.5 Å². The summed E-state index contributed by atoms with van der Waals surface area (Å²) in [7, 11) is 0. The maximum atomic E-state index is 12.0. The lowest BCUT2D eigenvalue weighted by molar-refractivity contribution is -0.119. The highest BCUT2D eigenvalue weighted by Gasteiger charge is 2.03. The second kappa shape index (κ2) is 11.9. The topological polar surface area (TPSA) is 78.4 Å². The molecule has 3 N–H and O–H groups in total. The quantitative estimate of drug-likeness (QED) is 0.350. The summed E-state index contributed by atoms with van der Waals surface area (Å²) in [4.78, 5) is 20.4. The highest BCUT2D eigenvalue weighted by atomic mass is 35.5. The van der Waals surface area contributed by atoms with E-state index in [0.717, 1.165) is 24.9 Å². The van der Waals surface area contributed by atoms with Gasteiger partial charge in [0.1, 0.15) is 11.7 Å². The molecule has 6 nitrogen and oxygen atoms in total. The van der Waals surface area contributed by atoms with Gasteiger partial charge in [0.05, 0.1) is 0 Å². The SMILES string of the molecule is CCNC(=NCC(=O)NCCc1ccccc1)NCCc1ccc(Cl)nc1. The van der Waals surface area contributed by atoms with Gasteiger partial charge in [-0.05, 0) is 37.0 Å². The molecule has 144 valence electrons. The number of rotatable bonds is 9. The summed E-state index contributed by atoms with van der Waals surface area (Å²) in [6.07, 6.45) is 3.36. The fraction of sp³-hybridized carbons (Fsp3) is 0.350. The lowest BCUT2D eigenvalue weighted by Crippen LogP contribution is -2.39. The van der Waals surface area contributed by atoms with E-state index in [-0.39, 0.29) is 12.5 Å². The number of guanidine groups is 1. The number of halogens is 1. The van der Waals surface area contributed by atoms with E-state index in [0.29, 0.717) is 24.2 Å². The first-order chi connectivity index (χ1) is 13.2. The van der Waals surface area contributed by atoms with E-state index in [4.69, 9.17) is 11.6 Å². The zero-order chi connectivity index (χ0) is 19.3. The Labute approximate surface area is 165 Å². The number of nitrogens with zero attached hydrogens (tertiary/aromatic N) is 2. The van der Waals surface area contributed by atoms with E-state index in [2.05, 4.69) is 25.9 Å². The molecule has 1 amide bonds. The number of amides is 1. The molecule has 0 atom stereocenters. The third-order valence-corrected chi connectivity index (χ3v) is 4.02. The van der Waals surface area contributed by atoms with E-state index >= 15 is 0 Å². The second-order valence-electron chi connectivity index (χ2n) is 5.95. The van der Waals surface area contributed by atoms with Gasteiger partial charge in [0.15, 0.2) is 5.96 Å². The number of hydrogen-bond acceptors (Lipinski definition) is 3. The van der Waals surface area contributed by atoms with Gasteiger partial charge in [-0.25, -0.2) is 9.98 Å². The van der Waals surface area contributed by atoms with Crippen molar-refractivity contribution in [1.82, 2.24) is 20.9 Å². The summed E-state index contributed by atoms with van der Waals surface area (Å²) in [6, 6.07) is 13.8. The molecule has 0 aliphatic carbocycles. The average Bonchev–Trinajstić information content (AvgIpc) is 2.68.